The first-order chi connectivity index (χ1) is 11.0. The van der Waals surface area contributed by atoms with E-state index in [4.69, 9.17) is 11.6 Å². The van der Waals surface area contributed by atoms with E-state index < -0.39 is 0 Å². The summed E-state index contributed by atoms with van der Waals surface area (Å²) in [6.45, 7) is 4.90. The number of nitrogens with zero attached hydrogens (tertiary/aromatic N) is 4. The van der Waals surface area contributed by atoms with Crippen molar-refractivity contribution in [3.63, 3.8) is 0 Å². The minimum absolute atomic E-state index is 0.0615. The summed E-state index contributed by atoms with van der Waals surface area (Å²) in [7, 11) is 0. The lowest BCUT2D eigenvalue weighted by Gasteiger charge is -2.33. The summed E-state index contributed by atoms with van der Waals surface area (Å²) < 4.78 is 1.55. The molecule has 0 radical (unpaired) electrons. The van der Waals surface area contributed by atoms with Gasteiger partial charge in [0.1, 0.15) is 0 Å². The second kappa shape index (κ2) is 5.32. The van der Waals surface area contributed by atoms with E-state index >= 15 is 0 Å². The van der Waals surface area contributed by atoms with Gasteiger partial charge in [0.05, 0.1) is 17.3 Å². The van der Waals surface area contributed by atoms with Gasteiger partial charge in [0.15, 0.2) is 11.3 Å². The average Bonchev–Trinajstić information content (AvgIpc) is 3.09. The molecule has 0 saturated carbocycles. The summed E-state index contributed by atoms with van der Waals surface area (Å²) in [6, 6.07) is 3.96. The fourth-order valence-electron chi connectivity index (χ4n) is 3.10. The van der Waals surface area contributed by atoms with Gasteiger partial charge in [-0.1, -0.05) is 11.6 Å². The molecule has 1 amide bonds. The van der Waals surface area contributed by atoms with Crippen molar-refractivity contribution >= 4 is 34.5 Å². The lowest BCUT2D eigenvalue weighted by atomic mass is 10.0. The van der Waals surface area contributed by atoms with Crippen LogP contribution in [0, 0.1) is 6.92 Å². The first kappa shape index (κ1) is 14.7. The average molecular weight is 347 g/mol. The molecule has 4 heterocycles. The van der Waals surface area contributed by atoms with Crippen molar-refractivity contribution in [1.29, 1.82) is 0 Å². The van der Waals surface area contributed by atoms with E-state index in [0.29, 0.717) is 16.4 Å². The van der Waals surface area contributed by atoms with E-state index in [-0.39, 0.29) is 11.9 Å². The lowest BCUT2D eigenvalue weighted by molar-refractivity contribution is 0.0673. The zero-order valence-corrected chi connectivity index (χ0v) is 14.4. The number of hydrogen-bond acceptors (Lipinski definition) is 4. The number of halogens is 1. The van der Waals surface area contributed by atoms with Crippen LogP contribution in [0.5, 0.6) is 0 Å². The molecule has 23 heavy (non-hydrogen) atoms. The number of aryl methyl sites for hydroxylation is 1. The number of amides is 1. The van der Waals surface area contributed by atoms with Gasteiger partial charge in [0.25, 0.3) is 5.91 Å². The quantitative estimate of drug-likeness (QED) is 0.677. The minimum atomic E-state index is -0.0615. The highest BCUT2D eigenvalue weighted by Crippen LogP contribution is 2.35. The Balaban J connectivity index is 1.68. The fourth-order valence-corrected chi connectivity index (χ4v) is 4.35. The van der Waals surface area contributed by atoms with E-state index in [2.05, 4.69) is 30.0 Å². The van der Waals surface area contributed by atoms with Gasteiger partial charge in [-0.15, -0.1) is 11.3 Å². The molecule has 118 valence electrons. The van der Waals surface area contributed by atoms with E-state index in [1.807, 2.05) is 16.2 Å². The maximum atomic E-state index is 12.9. The Labute approximate surface area is 142 Å². The van der Waals surface area contributed by atoms with Crippen LogP contribution in [0.15, 0.2) is 24.5 Å². The van der Waals surface area contributed by atoms with Crippen molar-refractivity contribution < 1.29 is 4.79 Å². The Hall–Kier alpha value is -1.92. The van der Waals surface area contributed by atoms with Crippen LogP contribution in [0.2, 0.25) is 5.02 Å². The van der Waals surface area contributed by atoms with Gasteiger partial charge in [-0.2, -0.15) is 5.10 Å². The first-order valence-corrected chi connectivity index (χ1v) is 8.63. The maximum Gasteiger partial charge on any atom is 0.274 e. The van der Waals surface area contributed by atoms with Crippen molar-refractivity contribution in [2.24, 2.45) is 0 Å². The molecule has 5 nitrogen and oxygen atoms in total. The summed E-state index contributed by atoms with van der Waals surface area (Å²) in [6.07, 6.45) is 4.11. The Bertz CT molecular complexity index is 916. The van der Waals surface area contributed by atoms with Gasteiger partial charge in [0.2, 0.25) is 0 Å². The van der Waals surface area contributed by atoms with Crippen LogP contribution in [0.25, 0.3) is 5.65 Å². The molecule has 0 aromatic carbocycles. The molecule has 0 fully saturated rings. The topological polar surface area (TPSA) is 50.5 Å². The molecule has 1 aliphatic heterocycles. The molecule has 4 rings (SSSR count). The molecule has 0 N–H and O–H groups in total. The predicted octanol–water partition coefficient (Wildman–Crippen LogP) is 3.51. The van der Waals surface area contributed by atoms with E-state index in [1.165, 1.54) is 15.3 Å². The summed E-state index contributed by atoms with van der Waals surface area (Å²) in [4.78, 5) is 21.6. The number of carbonyl (C=O) groups excluding carboxylic acids is 1. The lowest BCUT2D eigenvalue weighted by Crippen LogP contribution is -2.38. The van der Waals surface area contributed by atoms with Gasteiger partial charge in [-0.25, -0.2) is 9.50 Å². The molecule has 1 aliphatic rings. The van der Waals surface area contributed by atoms with Crippen LogP contribution < -0.4 is 0 Å². The van der Waals surface area contributed by atoms with Crippen molar-refractivity contribution in [3.8, 4) is 0 Å². The van der Waals surface area contributed by atoms with Gasteiger partial charge >= 0.3 is 0 Å². The van der Waals surface area contributed by atoms with Gasteiger partial charge in [-0.05, 0) is 31.9 Å². The Morgan fingerprint density at radius 2 is 2.26 bits per heavy atom. The Kier molecular flexibility index (Phi) is 3.39. The predicted molar refractivity (Wildman–Crippen MR) is 90.2 cm³/mol. The zero-order valence-electron chi connectivity index (χ0n) is 12.8. The Morgan fingerprint density at radius 1 is 1.43 bits per heavy atom. The van der Waals surface area contributed by atoms with Crippen molar-refractivity contribution in [2.75, 3.05) is 6.54 Å². The monoisotopic (exact) mass is 346 g/mol. The molecular weight excluding hydrogens is 332 g/mol. The van der Waals surface area contributed by atoms with Crippen LogP contribution in [0.3, 0.4) is 0 Å². The number of aromatic nitrogens is 3. The molecule has 3 aromatic rings. The second-order valence-corrected chi connectivity index (χ2v) is 7.54. The summed E-state index contributed by atoms with van der Waals surface area (Å²) in [5.74, 6) is -0.0615. The molecule has 0 bridgehead atoms. The molecule has 7 heteroatoms. The van der Waals surface area contributed by atoms with Crippen molar-refractivity contribution in [2.45, 2.75) is 26.3 Å². The number of carbonyl (C=O) groups is 1. The highest BCUT2D eigenvalue weighted by atomic mass is 35.5. The number of thiophene rings is 1. The number of fused-ring (bicyclic) bond motifs is 2. The first-order valence-electron chi connectivity index (χ1n) is 7.44. The normalized spacial score (nSPS) is 17.5. The van der Waals surface area contributed by atoms with Crippen LogP contribution in [-0.2, 0) is 6.42 Å². The molecular formula is C16H15ClN4OS. The second-order valence-electron chi connectivity index (χ2n) is 5.76. The van der Waals surface area contributed by atoms with E-state index in [0.717, 1.165) is 13.0 Å². The van der Waals surface area contributed by atoms with Crippen molar-refractivity contribution in [3.05, 3.63) is 50.6 Å². The van der Waals surface area contributed by atoms with Crippen molar-refractivity contribution in [1.82, 2.24) is 19.5 Å². The Morgan fingerprint density at radius 3 is 3.09 bits per heavy atom. The molecule has 3 aromatic heterocycles. The molecule has 1 unspecified atom stereocenters. The van der Waals surface area contributed by atoms with Gasteiger partial charge in [0, 0.05) is 28.6 Å². The molecule has 0 saturated heterocycles. The minimum Gasteiger partial charge on any atom is -0.330 e. The van der Waals surface area contributed by atoms with Crippen LogP contribution in [0.1, 0.15) is 38.8 Å². The van der Waals surface area contributed by atoms with Gasteiger partial charge < -0.3 is 4.90 Å². The summed E-state index contributed by atoms with van der Waals surface area (Å²) in [5, 5.41) is 4.82. The van der Waals surface area contributed by atoms with Crippen LogP contribution in [0.4, 0.5) is 0 Å². The SMILES string of the molecule is Cc1cc2c(s1)CCN(C(=O)c1cc3ncc(Cl)cn3n1)C2C. The van der Waals surface area contributed by atoms with Crippen LogP contribution in [-0.4, -0.2) is 31.9 Å². The highest BCUT2D eigenvalue weighted by molar-refractivity contribution is 7.12. The third kappa shape index (κ3) is 2.42. The third-order valence-electron chi connectivity index (χ3n) is 4.22. The fraction of sp³-hybridized carbons (Fsp3) is 0.312. The summed E-state index contributed by atoms with van der Waals surface area (Å²) in [5.41, 5.74) is 2.29. The third-order valence-corrected chi connectivity index (χ3v) is 5.55. The smallest absolute Gasteiger partial charge is 0.274 e. The van der Waals surface area contributed by atoms with Crippen LogP contribution >= 0.6 is 22.9 Å². The van der Waals surface area contributed by atoms with E-state index in [9.17, 15) is 4.79 Å². The number of hydrogen-bond donors (Lipinski definition) is 0. The molecule has 0 aliphatic carbocycles. The highest BCUT2D eigenvalue weighted by Gasteiger charge is 2.30. The number of rotatable bonds is 1. The van der Waals surface area contributed by atoms with Gasteiger partial charge in [-0.3, -0.25) is 4.79 Å². The summed E-state index contributed by atoms with van der Waals surface area (Å²) >= 11 is 7.75. The zero-order chi connectivity index (χ0) is 16.1. The standard InChI is InChI=1S/C16H15ClN4OS/c1-9-5-12-10(2)20(4-3-14(12)23-9)16(22)13-6-15-18-7-11(17)8-21(15)19-13/h5-8,10H,3-4H2,1-2H3. The molecule has 1 atom stereocenters. The van der Waals surface area contributed by atoms with E-state index in [1.54, 1.807) is 23.0 Å². The molecule has 0 spiro atoms. The largest absolute Gasteiger partial charge is 0.330 e. The maximum absolute atomic E-state index is 12.9.